The van der Waals surface area contributed by atoms with Gasteiger partial charge in [0.1, 0.15) is 0 Å². The van der Waals surface area contributed by atoms with Crippen LogP contribution in [-0.2, 0) is 9.53 Å². The van der Waals surface area contributed by atoms with Crippen molar-refractivity contribution in [1.29, 1.82) is 0 Å². The van der Waals surface area contributed by atoms with Gasteiger partial charge in [0.25, 0.3) is 0 Å². The molecule has 0 fully saturated rings. The molecule has 0 radical (unpaired) electrons. The Morgan fingerprint density at radius 2 is 2.17 bits per heavy atom. The number of hydrogen-bond acceptors (Lipinski definition) is 3. The number of carbonyl (C=O) groups is 1. The summed E-state index contributed by atoms with van der Waals surface area (Å²) in [4.78, 5) is 11.1. The van der Waals surface area contributed by atoms with Crippen LogP contribution < -0.4 is 5.32 Å². The van der Waals surface area contributed by atoms with Crippen molar-refractivity contribution in [3.63, 3.8) is 0 Å². The number of aliphatic hydroxyl groups excluding tert-OH is 1. The maximum atomic E-state index is 11.1. The largest absolute Gasteiger partial charge is 0.394 e. The molecule has 0 heterocycles. The summed E-state index contributed by atoms with van der Waals surface area (Å²) < 4.78 is 4.80. The average Bonchev–Trinajstić information content (AvgIpc) is 2.03. The van der Waals surface area contributed by atoms with E-state index in [1.807, 2.05) is 0 Å². The Hall–Kier alpha value is -0.610. The molecule has 0 aliphatic rings. The number of nitrogens with one attached hydrogen (secondary N) is 1. The molecular formula is C8H17NO3. The van der Waals surface area contributed by atoms with Gasteiger partial charge in [-0.2, -0.15) is 0 Å². The highest BCUT2D eigenvalue weighted by Crippen LogP contribution is 1.93. The fourth-order valence-corrected chi connectivity index (χ4v) is 0.709. The van der Waals surface area contributed by atoms with E-state index >= 15 is 0 Å². The van der Waals surface area contributed by atoms with Gasteiger partial charge in [-0.3, -0.25) is 4.79 Å². The van der Waals surface area contributed by atoms with E-state index in [-0.39, 0.29) is 24.5 Å². The molecule has 1 atom stereocenters. The first kappa shape index (κ1) is 11.4. The second kappa shape index (κ2) is 5.97. The maximum absolute atomic E-state index is 11.1. The van der Waals surface area contributed by atoms with E-state index in [1.54, 1.807) is 13.8 Å². The summed E-state index contributed by atoms with van der Waals surface area (Å²) in [5.41, 5.74) is 0. The maximum Gasteiger partial charge on any atom is 0.222 e. The van der Waals surface area contributed by atoms with Crippen molar-refractivity contribution in [2.45, 2.75) is 19.9 Å². The van der Waals surface area contributed by atoms with Crippen LogP contribution in [0.5, 0.6) is 0 Å². The summed E-state index contributed by atoms with van der Waals surface area (Å²) in [7, 11) is 1.53. The van der Waals surface area contributed by atoms with Crippen molar-refractivity contribution in [3.05, 3.63) is 0 Å². The van der Waals surface area contributed by atoms with Crippen molar-refractivity contribution in [3.8, 4) is 0 Å². The van der Waals surface area contributed by atoms with Gasteiger partial charge in [-0.05, 0) is 0 Å². The molecule has 0 aromatic rings. The molecule has 0 rings (SSSR count). The molecule has 4 heteroatoms. The summed E-state index contributed by atoms with van der Waals surface area (Å²) in [5, 5.41) is 11.4. The lowest BCUT2D eigenvalue weighted by molar-refractivity contribution is -0.125. The summed E-state index contributed by atoms with van der Waals surface area (Å²) >= 11 is 0. The zero-order valence-corrected chi connectivity index (χ0v) is 7.83. The Bertz CT molecular complexity index is 136. The molecule has 4 nitrogen and oxygen atoms in total. The molecule has 0 aliphatic heterocycles. The van der Waals surface area contributed by atoms with Crippen molar-refractivity contribution in [2.75, 3.05) is 20.3 Å². The van der Waals surface area contributed by atoms with Crippen molar-refractivity contribution in [2.24, 2.45) is 5.92 Å². The quantitative estimate of drug-likeness (QED) is 0.606. The first-order chi connectivity index (χ1) is 5.61. The third-order valence-corrected chi connectivity index (χ3v) is 1.46. The minimum Gasteiger partial charge on any atom is -0.394 e. The van der Waals surface area contributed by atoms with Crippen LogP contribution in [0.3, 0.4) is 0 Å². The first-order valence-corrected chi connectivity index (χ1v) is 4.02. The molecular weight excluding hydrogens is 158 g/mol. The van der Waals surface area contributed by atoms with Crippen LogP contribution >= 0.6 is 0 Å². The van der Waals surface area contributed by atoms with E-state index in [4.69, 9.17) is 9.84 Å². The number of carbonyl (C=O) groups excluding carboxylic acids is 1. The normalized spacial score (nSPS) is 13.1. The van der Waals surface area contributed by atoms with Crippen LogP contribution in [0.4, 0.5) is 0 Å². The standard InChI is InChI=1S/C8H17NO3/c1-6(2)8(11)9-7(4-10)5-12-3/h6-7,10H,4-5H2,1-3H3,(H,9,11). The topological polar surface area (TPSA) is 58.6 Å². The number of hydrogen-bond donors (Lipinski definition) is 2. The van der Waals surface area contributed by atoms with Gasteiger partial charge in [-0.1, -0.05) is 13.8 Å². The fourth-order valence-electron chi connectivity index (χ4n) is 0.709. The Kier molecular flexibility index (Phi) is 5.66. The minimum absolute atomic E-state index is 0.0593. The van der Waals surface area contributed by atoms with E-state index in [0.717, 1.165) is 0 Å². The lowest BCUT2D eigenvalue weighted by Gasteiger charge is -2.16. The van der Waals surface area contributed by atoms with E-state index < -0.39 is 0 Å². The van der Waals surface area contributed by atoms with E-state index in [0.29, 0.717) is 6.61 Å². The summed E-state index contributed by atoms with van der Waals surface area (Å²) in [6.07, 6.45) is 0. The average molecular weight is 175 g/mol. The molecule has 0 spiro atoms. The molecule has 0 saturated heterocycles. The second-order valence-corrected chi connectivity index (χ2v) is 3.00. The van der Waals surface area contributed by atoms with Crippen LogP contribution in [-0.4, -0.2) is 37.4 Å². The Balaban J connectivity index is 3.77. The van der Waals surface area contributed by atoms with Gasteiger partial charge in [-0.25, -0.2) is 0 Å². The zero-order valence-electron chi connectivity index (χ0n) is 7.83. The smallest absolute Gasteiger partial charge is 0.222 e. The molecule has 0 saturated carbocycles. The lowest BCUT2D eigenvalue weighted by atomic mass is 10.2. The van der Waals surface area contributed by atoms with Gasteiger partial charge in [0.05, 0.1) is 19.3 Å². The summed E-state index contributed by atoms with van der Waals surface area (Å²) in [6.45, 7) is 3.86. The van der Waals surface area contributed by atoms with Gasteiger partial charge in [0.2, 0.25) is 5.91 Å². The second-order valence-electron chi connectivity index (χ2n) is 3.00. The molecule has 72 valence electrons. The van der Waals surface area contributed by atoms with E-state index in [1.165, 1.54) is 7.11 Å². The van der Waals surface area contributed by atoms with Crippen LogP contribution in [0.1, 0.15) is 13.8 Å². The highest BCUT2D eigenvalue weighted by atomic mass is 16.5. The van der Waals surface area contributed by atoms with Crippen LogP contribution in [0.25, 0.3) is 0 Å². The van der Waals surface area contributed by atoms with Gasteiger partial charge in [-0.15, -0.1) is 0 Å². The molecule has 0 aromatic carbocycles. The molecule has 2 N–H and O–H groups in total. The summed E-state index contributed by atoms with van der Waals surface area (Å²) in [6, 6.07) is -0.287. The molecule has 0 aliphatic carbocycles. The molecule has 0 bridgehead atoms. The zero-order chi connectivity index (χ0) is 9.56. The Morgan fingerprint density at radius 1 is 1.58 bits per heavy atom. The van der Waals surface area contributed by atoms with Gasteiger partial charge < -0.3 is 15.2 Å². The molecule has 1 amide bonds. The molecule has 1 unspecified atom stereocenters. The van der Waals surface area contributed by atoms with Crippen molar-refractivity contribution < 1.29 is 14.6 Å². The predicted octanol–water partition coefficient (Wildman–Crippen LogP) is -0.234. The monoisotopic (exact) mass is 175 g/mol. The Labute approximate surface area is 72.9 Å². The minimum atomic E-state index is -0.287. The predicted molar refractivity (Wildman–Crippen MR) is 45.7 cm³/mol. The Morgan fingerprint density at radius 3 is 2.50 bits per heavy atom. The SMILES string of the molecule is COCC(CO)NC(=O)C(C)C. The third kappa shape index (κ3) is 4.31. The van der Waals surface area contributed by atoms with E-state index in [2.05, 4.69) is 5.32 Å². The van der Waals surface area contributed by atoms with Crippen molar-refractivity contribution in [1.82, 2.24) is 5.32 Å². The number of amides is 1. The third-order valence-electron chi connectivity index (χ3n) is 1.46. The van der Waals surface area contributed by atoms with Crippen LogP contribution in [0.15, 0.2) is 0 Å². The van der Waals surface area contributed by atoms with Crippen molar-refractivity contribution >= 4 is 5.91 Å². The molecule has 0 aromatic heterocycles. The number of methoxy groups -OCH3 is 1. The van der Waals surface area contributed by atoms with Crippen LogP contribution in [0.2, 0.25) is 0 Å². The van der Waals surface area contributed by atoms with Crippen LogP contribution in [0, 0.1) is 5.92 Å². The van der Waals surface area contributed by atoms with Gasteiger partial charge in [0.15, 0.2) is 0 Å². The highest BCUT2D eigenvalue weighted by Gasteiger charge is 2.12. The summed E-state index contributed by atoms with van der Waals surface area (Å²) in [5.74, 6) is -0.123. The number of ether oxygens (including phenoxy) is 1. The fraction of sp³-hybridized carbons (Fsp3) is 0.875. The first-order valence-electron chi connectivity index (χ1n) is 4.02. The van der Waals surface area contributed by atoms with Gasteiger partial charge >= 0.3 is 0 Å². The lowest BCUT2D eigenvalue weighted by Crippen LogP contribution is -2.42. The highest BCUT2D eigenvalue weighted by molar-refractivity contribution is 5.78. The van der Waals surface area contributed by atoms with Gasteiger partial charge in [0, 0.05) is 13.0 Å². The number of rotatable bonds is 5. The molecule has 12 heavy (non-hydrogen) atoms. The van der Waals surface area contributed by atoms with E-state index in [9.17, 15) is 4.79 Å². The number of aliphatic hydroxyl groups is 1.